The molecular formula is C8H5IN2O2. The predicted octanol–water partition coefficient (Wildman–Crippen LogP) is 2.27. The van der Waals surface area contributed by atoms with Crippen molar-refractivity contribution < 1.29 is 4.92 Å². The molecule has 0 atom stereocenters. The zero-order valence-corrected chi connectivity index (χ0v) is 8.69. The summed E-state index contributed by atoms with van der Waals surface area (Å²) in [6, 6.07) is 6.67. The molecule has 0 radical (unpaired) electrons. The second-order valence-electron chi connectivity index (χ2n) is 2.38. The number of halogens is 1. The minimum atomic E-state index is -0.433. The molecule has 0 aliphatic rings. The van der Waals surface area contributed by atoms with Crippen LogP contribution in [0.15, 0.2) is 18.2 Å². The van der Waals surface area contributed by atoms with Gasteiger partial charge in [-0.25, -0.2) is 0 Å². The molecule has 1 aromatic rings. The molecule has 0 spiro atoms. The van der Waals surface area contributed by atoms with Gasteiger partial charge < -0.3 is 0 Å². The zero-order valence-electron chi connectivity index (χ0n) is 6.53. The Morgan fingerprint density at radius 3 is 2.77 bits per heavy atom. The molecular weight excluding hydrogens is 283 g/mol. The van der Waals surface area contributed by atoms with Crippen molar-refractivity contribution in [2.24, 2.45) is 0 Å². The quantitative estimate of drug-likeness (QED) is 0.476. The molecule has 0 heterocycles. The van der Waals surface area contributed by atoms with Crippen molar-refractivity contribution in [2.45, 2.75) is 6.42 Å². The SMILES string of the molecule is N#CCc1ccc([N+](=O)[O-])c(I)c1. The van der Waals surface area contributed by atoms with Crippen molar-refractivity contribution in [2.75, 3.05) is 0 Å². The molecule has 1 aromatic carbocycles. The monoisotopic (exact) mass is 288 g/mol. The third kappa shape index (κ3) is 2.39. The number of hydrogen-bond donors (Lipinski definition) is 0. The van der Waals surface area contributed by atoms with Gasteiger partial charge in [0.1, 0.15) is 0 Å². The molecule has 0 amide bonds. The van der Waals surface area contributed by atoms with Crippen molar-refractivity contribution in [3.63, 3.8) is 0 Å². The molecule has 0 unspecified atom stereocenters. The molecule has 4 nitrogen and oxygen atoms in total. The van der Waals surface area contributed by atoms with E-state index in [-0.39, 0.29) is 12.1 Å². The summed E-state index contributed by atoms with van der Waals surface area (Å²) >= 11 is 1.89. The Balaban J connectivity index is 3.07. The molecule has 66 valence electrons. The number of rotatable bonds is 2. The second-order valence-corrected chi connectivity index (χ2v) is 3.54. The lowest BCUT2D eigenvalue weighted by Crippen LogP contribution is -1.92. The lowest BCUT2D eigenvalue weighted by atomic mass is 10.1. The molecule has 0 fully saturated rings. The number of nitro groups is 1. The zero-order chi connectivity index (χ0) is 9.84. The first-order chi connectivity index (χ1) is 6.15. The smallest absolute Gasteiger partial charge is 0.258 e. The molecule has 0 aliphatic carbocycles. The fraction of sp³-hybridized carbons (Fsp3) is 0.125. The van der Waals surface area contributed by atoms with E-state index >= 15 is 0 Å². The van der Waals surface area contributed by atoms with E-state index < -0.39 is 4.92 Å². The average molecular weight is 288 g/mol. The Bertz CT molecular complexity index is 384. The van der Waals surface area contributed by atoms with Gasteiger partial charge in [-0.1, -0.05) is 6.07 Å². The standard InChI is InChI=1S/C8H5IN2O2/c9-7-5-6(3-4-10)1-2-8(7)11(12)13/h1-2,5H,3H2. The minimum absolute atomic E-state index is 0.0855. The third-order valence-electron chi connectivity index (χ3n) is 1.49. The summed E-state index contributed by atoms with van der Waals surface area (Å²) in [5.74, 6) is 0. The molecule has 0 aromatic heterocycles. The first kappa shape index (κ1) is 9.92. The fourth-order valence-corrected chi connectivity index (χ4v) is 1.68. The van der Waals surface area contributed by atoms with E-state index in [0.717, 1.165) is 5.56 Å². The molecule has 1 rings (SSSR count). The van der Waals surface area contributed by atoms with Gasteiger partial charge >= 0.3 is 0 Å². The van der Waals surface area contributed by atoms with Crippen LogP contribution in [0.3, 0.4) is 0 Å². The van der Waals surface area contributed by atoms with Gasteiger partial charge in [-0.3, -0.25) is 10.1 Å². The van der Waals surface area contributed by atoms with Gasteiger partial charge in [-0.05, 0) is 34.2 Å². The summed E-state index contributed by atoms with van der Waals surface area (Å²) in [6.45, 7) is 0. The topological polar surface area (TPSA) is 66.9 Å². The van der Waals surface area contributed by atoms with Crippen LogP contribution in [-0.2, 0) is 6.42 Å². The van der Waals surface area contributed by atoms with Crippen molar-refractivity contribution in [3.8, 4) is 6.07 Å². The van der Waals surface area contributed by atoms with Gasteiger partial charge in [0, 0.05) is 6.07 Å². The van der Waals surface area contributed by atoms with Crippen LogP contribution in [0, 0.1) is 25.0 Å². The van der Waals surface area contributed by atoms with E-state index in [9.17, 15) is 10.1 Å². The summed E-state index contributed by atoms with van der Waals surface area (Å²) in [7, 11) is 0. The molecule has 13 heavy (non-hydrogen) atoms. The summed E-state index contributed by atoms with van der Waals surface area (Å²) in [6.07, 6.45) is 0.286. The number of nitriles is 1. The van der Waals surface area contributed by atoms with Crippen LogP contribution in [0.5, 0.6) is 0 Å². The highest BCUT2D eigenvalue weighted by atomic mass is 127. The Morgan fingerprint density at radius 2 is 2.31 bits per heavy atom. The Hall–Kier alpha value is -1.16. The van der Waals surface area contributed by atoms with Gasteiger partial charge in [-0.15, -0.1) is 0 Å². The first-order valence-electron chi connectivity index (χ1n) is 3.45. The van der Waals surface area contributed by atoms with Crippen LogP contribution in [0.1, 0.15) is 5.56 Å². The molecule has 0 saturated heterocycles. The second kappa shape index (κ2) is 4.18. The van der Waals surface area contributed by atoms with Crippen LogP contribution in [0.2, 0.25) is 0 Å². The van der Waals surface area contributed by atoms with Crippen LogP contribution in [0.25, 0.3) is 0 Å². The predicted molar refractivity (Wildman–Crippen MR) is 55.1 cm³/mol. The Labute approximate surface area is 88.5 Å². The van der Waals surface area contributed by atoms with E-state index in [0.29, 0.717) is 3.57 Å². The molecule has 0 bridgehead atoms. The van der Waals surface area contributed by atoms with Crippen LogP contribution in [-0.4, -0.2) is 4.92 Å². The maximum Gasteiger partial charge on any atom is 0.282 e. The van der Waals surface area contributed by atoms with E-state index in [1.165, 1.54) is 6.07 Å². The first-order valence-corrected chi connectivity index (χ1v) is 4.53. The maximum absolute atomic E-state index is 10.4. The summed E-state index contributed by atoms with van der Waals surface area (Å²) in [4.78, 5) is 9.99. The summed E-state index contributed by atoms with van der Waals surface area (Å²) < 4.78 is 0.565. The minimum Gasteiger partial charge on any atom is -0.258 e. The van der Waals surface area contributed by atoms with Gasteiger partial charge in [0.05, 0.1) is 21.0 Å². The lowest BCUT2D eigenvalue weighted by Gasteiger charge is -1.97. The molecule has 0 aliphatic heterocycles. The number of nitrogens with zero attached hydrogens (tertiary/aromatic N) is 2. The van der Waals surface area contributed by atoms with Crippen LogP contribution >= 0.6 is 22.6 Å². The Kier molecular flexibility index (Phi) is 3.19. The lowest BCUT2D eigenvalue weighted by molar-refractivity contribution is -0.385. The number of nitro benzene ring substituents is 1. The third-order valence-corrected chi connectivity index (χ3v) is 2.36. The maximum atomic E-state index is 10.4. The van der Waals surface area contributed by atoms with Crippen molar-refractivity contribution in [3.05, 3.63) is 37.4 Å². The largest absolute Gasteiger partial charge is 0.282 e. The van der Waals surface area contributed by atoms with Gasteiger partial charge in [0.15, 0.2) is 0 Å². The summed E-state index contributed by atoms with van der Waals surface area (Å²) in [5.41, 5.74) is 0.889. The average Bonchev–Trinajstić information content (AvgIpc) is 2.04. The number of benzene rings is 1. The van der Waals surface area contributed by atoms with Crippen LogP contribution in [0.4, 0.5) is 5.69 Å². The van der Waals surface area contributed by atoms with E-state index in [1.54, 1.807) is 12.1 Å². The highest BCUT2D eigenvalue weighted by molar-refractivity contribution is 14.1. The van der Waals surface area contributed by atoms with Crippen molar-refractivity contribution in [1.29, 1.82) is 5.26 Å². The fourth-order valence-electron chi connectivity index (χ4n) is 0.900. The van der Waals surface area contributed by atoms with Crippen molar-refractivity contribution >= 4 is 28.3 Å². The van der Waals surface area contributed by atoms with Crippen molar-refractivity contribution in [1.82, 2.24) is 0 Å². The molecule has 5 heteroatoms. The molecule has 0 N–H and O–H groups in total. The molecule has 0 saturated carbocycles. The Morgan fingerprint density at radius 1 is 1.62 bits per heavy atom. The van der Waals surface area contributed by atoms with E-state index in [4.69, 9.17) is 5.26 Å². The highest BCUT2D eigenvalue weighted by Gasteiger charge is 2.10. The van der Waals surface area contributed by atoms with Gasteiger partial charge in [0.25, 0.3) is 5.69 Å². The summed E-state index contributed by atoms with van der Waals surface area (Å²) in [5, 5.41) is 18.8. The van der Waals surface area contributed by atoms with Crippen LogP contribution < -0.4 is 0 Å². The van der Waals surface area contributed by atoms with E-state index in [1.807, 2.05) is 28.7 Å². The van der Waals surface area contributed by atoms with Gasteiger partial charge in [-0.2, -0.15) is 5.26 Å². The number of hydrogen-bond acceptors (Lipinski definition) is 3. The van der Waals surface area contributed by atoms with E-state index in [2.05, 4.69) is 0 Å². The normalized spacial score (nSPS) is 9.23. The highest BCUT2D eigenvalue weighted by Crippen LogP contribution is 2.21. The van der Waals surface area contributed by atoms with Gasteiger partial charge in [0.2, 0.25) is 0 Å².